The highest BCUT2D eigenvalue weighted by molar-refractivity contribution is 5.79. The van der Waals surface area contributed by atoms with Crippen LogP contribution in [-0.2, 0) is 17.8 Å². The number of aromatic nitrogens is 1. The maximum Gasteiger partial charge on any atom is 0.227 e. The van der Waals surface area contributed by atoms with E-state index in [1.165, 1.54) is 0 Å². The van der Waals surface area contributed by atoms with Crippen LogP contribution >= 0.6 is 0 Å². The minimum atomic E-state index is 0.120. The van der Waals surface area contributed by atoms with Crippen molar-refractivity contribution >= 4 is 5.91 Å². The number of hydrogen-bond acceptors (Lipinski definition) is 3. The van der Waals surface area contributed by atoms with E-state index in [-0.39, 0.29) is 5.91 Å². The first-order valence-electron chi connectivity index (χ1n) is 7.35. The molecule has 2 rings (SSSR count). The van der Waals surface area contributed by atoms with Gasteiger partial charge in [0.25, 0.3) is 0 Å². The molecule has 0 saturated heterocycles. The van der Waals surface area contributed by atoms with Crippen molar-refractivity contribution in [1.82, 2.24) is 10.1 Å². The molecule has 1 amide bonds. The highest BCUT2D eigenvalue weighted by Gasteiger charge is 2.18. The fourth-order valence-corrected chi connectivity index (χ4v) is 2.38. The molecule has 2 aromatic rings. The van der Waals surface area contributed by atoms with Crippen LogP contribution in [0.2, 0.25) is 0 Å². The summed E-state index contributed by atoms with van der Waals surface area (Å²) in [5.41, 5.74) is 2.87. The highest BCUT2D eigenvalue weighted by atomic mass is 16.5. The van der Waals surface area contributed by atoms with Crippen molar-refractivity contribution < 1.29 is 9.32 Å². The number of rotatable bonds is 6. The molecule has 1 heterocycles. The second kappa shape index (κ2) is 7.07. The predicted octanol–water partition coefficient (Wildman–Crippen LogP) is 3.27. The predicted molar refractivity (Wildman–Crippen MR) is 81.8 cm³/mol. The van der Waals surface area contributed by atoms with Crippen LogP contribution in [0.3, 0.4) is 0 Å². The topological polar surface area (TPSA) is 46.3 Å². The van der Waals surface area contributed by atoms with Crippen LogP contribution < -0.4 is 0 Å². The zero-order chi connectivity index (χ0) is 15.2. The summed E-state index contributed by atoms with van der Waals surface area (Å²) in [6.45, 7) is 7.22. The van der Waals surface area contributed by atoms with Crippen LogP contribution in [0.5, 0.6) is 0 Å². The molecular weight excluding hydrogens is 264 g/mol. The average Bonchev–Trinajstić information content (AvgIpc) is 2.80. The van der Waals surface area contributed by atoms with Crippen molar-refractivity contribution in [3.8, 4) is 0 Å². The van der Waals surface area contributed by atoms with E-state index in [1.54, 1.807) is 0 Å². The molecule has 4 heteroatoms. The van der Waals surface area contributed by atoms with Crippen LogP contribution in [0.1, 0.15) is 35.9 Å². The van der Waals surface area contributed by atoms with Gasteiger partial charge in [0, 0.05) is 18.7 Å². The normalized spacial score (nSPS) is 10.6. The lowest BCUT2D eigenvalue weighted by atomic mass is 10.1. The van der Waals surface area contributed by atoms with Gasteiger partial charge in [-0.2, -0.15) is 0 Å². The summed E-state index contributed by atoms with van der Waals surface area (Å²) in [5.74, 6) is 0.854. The number of amides is 1. The van der Waals surface area contributed by atoms with E-state index in [4.69, 9.17) is 4.52 Å². The Hall–Kier alpha value is -2.10. The van der Waals surface area contributed by atoms with E-state index in [2.05, 4.69) is 12.1 Å². The summed E-state index contributed by atoms with van der Waals surface area (Å²) in [5, 5.41) is 3.91. The van der Waals surface area contributed by atoms with Gasteiger partial charge < -0.3 is 9.42 Å². The molecule has 0 fully saturated rings. The number of hydrogen-bond donors (Lipinski definition) is 0. The second-order valence-corrected chi connectivity index (χ2v) is 5.28. The standard InChI is InChI=1S/C17H22N2O2/c1-4-10-19(12-15-8-6-5-7-9-15)17(20)11-16-13(2)18-21-14(16)3/h5-9H,4,10-12H2,1-3H3. The summed E-state index contributed by atoms with van der Waals surface area (Å²) in [6.07, 6.45) is 1.30. The summed E-state index contributed by atoms with van der Waals surface area (Å²) < 4.78 is 5.13. The maximum atomic E-state index is 12.6. The minimum Gasteiger partial charge on any atom is -0.361 e. The smallest absolute Gasteiger partial charge is 0.227 e. The molecule has 0 unspecified atom stereocenters. The lowest BCUT2D eigenvalue weighted by Gasteiger charge is -2.22. The van der Waals surface area contributed by atoms with Gasteiger partial charge in [0.05, 0.1) is 12.1 Å². The summed E-state index contributed by atoms with van der Waals surface area (Å²) in [4.78, 5) is 14.5. The Morgan fingerprint density at radius 3 is 2.52 bits per heavy atom. The van der Waals surface area contributed by atoms with Gasteiger partial charge in [-0.05, 0) is 25.8 Å². The van der Waals surface area contributed by atoms with Crippen LogP contribution in [0.15, 0.2) is 34.9 Å². The van der Waals surface area contributed by atoms with Crippen molar-refractivity contribution in [2.24, 2.45) is 0 Å². The van der Waals surface area contributed by atoms with Gasteiger partial charge in [0.1, 0.15) is 5.76 Å². The van der Waals surface area contributed by atoms with Gasteiger partial charge in [-0.1, -0.05) is 42.4 Å². The molecule has 0 atom stereocenters. The number of nitrogens with zero attached hydrogens (tertiary/aromatic N) is 2. The Morgan fingerprint density at radius 2 is 1.95 bits per heavy atom. The van der Waals surface area contributed by atoms with E-state index in [0.29, 0.717) is 13.0 Å². The molecule has 1 aromatic heterocycles. The Bertz CT molecular complexity index is 571. The fraction of sp³-hybridized carbons (Fsp3) is 0.412. The molecular formula is C17H22N2O2. The van der Waals surface area contributed by atoms with Crippen LogP contribution in [0, 0.1) is 13.8 Å². The van der Waals surface area contributed by atoms with Crippen molar-refractivity contribution in [2.45, 2.75) is 40.2 Å². The molecule has 0 N–H and O–H groups in total. The zero-order valence-electron chi connectivity index (χ0n) is 12.9. The van der Waals surface area contributed by atoms with E-state index in [9.17, 15) is 4.79 Å². The first-order chi connectivity index (χ1) is 10.1. The average molecular weight is 286 g/mol. The monoisotopic (exact) mass is 286 g/mol. The molecule has 0 saturated carbocycles. The molecule has 0 bridgehead atoms. The molecule has 112 valence electrons. The summed E-state index contributed by atoms with van der Waals surface area (Å²) in [7, 11) is 0. The zero-order valence-corrected chi connectivity index (χ0v) is 12.9. The highest BCUT2D eigenvalue weighted by Crippen LogP contribution is 2.15. The number of benzene rings is 1. The lowest BCUT2D eigenvalue weighted by Crippen LogP contribution is -2.32. The van der Waals surface area contributed by atoms with E-state index in [1.807, 2.05) is 49.1 Å². The van der Waals surface area contributed by atoms with Gasteiger partial charge in [-0.3, -0.25) is 4.79 Å². The first kappa shape index (κ1) is 15.3. The molecule has 4 nitrogen and oxygen atoms in total. The Balaban J connectivity index is 2.09. The molecule has 0 aliphatic rings. The van der Waals surface area contributed by atoms with Gasteiger partial charge in [0.15, 0.2) is 0 Å². The van der Waals surface area contributed by atoms with Crippen molar-refractivity contribution in [3.05, 3.63) is 52.9 Å². The van der Waals surface area contributed by atoms with Crippen LogP contribution in [0.25, 0.3) is 0 Å². The lowest BCUT2D eigenvalue weighted by molar-refractivity contribution is -0.131. The summed E-state index contributed by atoms with van der Waals surface area (Å²) >= 11 is 0. The number of aryl methyl sites for hydroxylation is 2. The largest absolute Gasteiger partial charge is 0.361 e. The van der Waals surface area contributed by atoms with Gasteiger partial charge in [-0.15, -0.1) is 0 Å². The minimum absolute atomic E-state index is 0.120. The van der Waals surface area contributed by atoms with E-state index < -0.39 is 0 Å². The Morgan fingerprint density at radius 1 is 1.24 bits per heavy atom. The molecule has 0 spiro atoms. The van der Waals surface area contributed by atoms with Gasteiger partial charge >= 0.3 is 0 Å². The Kier molecular flexibility index (Phi) is 5.14. The number of carbonyl (C=O) groups is 1. The van der Waals surface area contributed by atoms with Crippen molar-refractivity contribution in [2.75, 3.05) is 6.54 Å². The van der Waals surface area contributed by atoms with E-state index in [0.717, 1.165) is 35.5 Å². The fourth-order valence-electron chi connectivity index (χ4n) is 2.38. The van der Waals surface area contributed by atoms with Crippen molar-refractivity contribution in [1.29, 1.82) is 0 Å². The maximum absolute atomic E-state index is 12.6. The third kappa shape index (κ3) is 3.94. The molecule has 0 radical (unpaired) electrons. The molecule has 0 aliphatic heterocycles. The second-order valence-electron chi connectivity index (χ2n) is 5.28. The SMILES string of the molecule is CCCN(Cc1ccccc1)C(=O)Cc1c(C)noc1C. The number of carbonyl (C=O) groups excluding carboxylic acids is 1. The van der Waals surface area contributed by atoms with Crippen LogP contribution in [0.4, 0.5) is 0 Å². The molecule has 21 heavy (non-hydrogen) atoms. The van der Waals surface area contributed by atoms with E-state index >= 15 is 0 Å². The molecule has 0 aliphatic carbocycles. The third-order valence-corrected chi connectivity index (χ3v) is 3.57. The Labute approximate surface area is 125 Å². The quantitative estimate of drug-likeness (QED) is 0.818. The van der Waals surface area contributed by atoms with Gasteiger partial charge in [-0.25, -0.2) is 0 Å². The van der Waals surface area contributed by atoms with Gasteiger partial charge in [0.2, 0.25) is 5.91 Å². The summed E-state index contributed by atoms with van der Waals surface area (Å²) in [6, 6.07) is 10.1. The third-order valence-electron chi connectivity index (χ3n) is 3.57. The first-order valence-corrected chi connectivity index (χ1v) is 7.35. The molecule has 1 aromatic carbocycles. The van der Waals surface area contributed by atoms with Crippen LogP contribution in [-0.4, -0.2) is 22.5 Å². The van der Waals surface area contributed by atoms with Crippen molar-refractivity contribution in [3.63, 3.8) is 0 Å².